The minimum absolute atomic E-state index is 0.507. The molecule has 0 saturated carbocycles. The molecule has 1 aliphatic rings. The van der Waals surface area contributed by atoms with Crippen molar-refractivity contribution >= 4 is 0 Å². The van der Waals surface area contributed by atoms with Gasteiger partial charge in [0.2, 0.25) is 0 Å². The highest BCUT2D eigenvalue weighted by atomic mass is 15.1. The Kier molecular flexibility index (Phi) is 4.00. The third-order valence-electron chi connectivity index (χ3n) is 3.72. The van der Waals surface area contributed by atoms with Crippen LogP contribution in [-0.2, 0) is 0 Å². The average molecular weight is 197 g/mol. The first-order valence-electron chi connectivity index (χ1n) is 6.15. The summed E-state index contributed by atoms with van der Waals surface area (Å²) in [6, 6.07) is 0.730. The normalized spacial score (nSPS) is 26.6. The highest BCUT2D eigenvalue weighted by Gasteiger charge is 2.27. The summed E-state index contributed by atoms with van der Waals surface area (Å²) in [4.78, 5) is 2.63. The van der Waals surface area contributed by atoms with Crippen LogP contribution in [0, 0.1) is 11.3 Å². The van der Waals surface area contributed by atoms with Gasteiger partial charge in [-0.3, -0.25) is 0 Å². The Bertz CT molecular complexity index is 167. The van der Waals surface area contributed by atoms with Crippen LogP contribution in [0.3, 0.4) is 0 Å². The zero-order valence-electron chi connectivity index (χ0n) is 10.6. The Labute approximate surface area is 89.9 Å². The van der Waals surface area contributed by atoms with Gasteiger partial charge in [-0.1, -0.05) is 20.8 Å². The van der Waals surface area contributed by atoms with Gasteiger partial charge in [-0.05, 0) is 57.5 Å². The summed E-state index contributed by atoms with van der Waals surface area (Å²) in [5.41, 5.74) is 0.507. The Morgan fingerprint density at radius 1 is 1.07 bits per heavy atom. The molecule has 0 aliphatic carbocycles. The lowest BCUT2D eigenvalue weighted by molar-refractivity contribution is 0.195. The van der Waals surface area contributed by atoms with Crippen LogP contribution < -0.4 is 0 Å². The number of rotatable bonds is 1. The SMILES string of the molecule is CC(C)N1CCCC(C(C)(C)C)CC1. The number of likely N-dealkylation sites (tertiary alicyclic amines) is 1. The fourth-order valence-corrected chi connectivity index (χ4v) is 2.50. The molecular formula is C13H27N. The van der Waals surface area contributed by atoms with Crippen LogP contribution in [0.15, 0.2) is 0 Å². The van der Waals surface area contributed by atoms with Gasteiger partial charge in [0.15, 0.2) is 0 Å². The van der Waals surface area contributed by atoms with Crippen LogP contribution in [0.2, 0.25) is 0 Å². The second kappa shape index (κ2) is 4.65. The molecule has 0 aromatic heterocycles. The van der Waals surface area contributed by atoms with Gasteiger partial charge >= 0.3 is 0 Å². The van der Waals surface area contributed by atoms with Crippen LogP contribution in [0.4, 0.5) is 0 Å². The summed E-state index contributed by atoms with van der Waals surface area (Å²) in [7, 11) is 0. The van der Waals surface area contributed by atoms with Crippen molar-refractivity contribution in [2.45, 2.75) is 59.9 Å². The van der Waals surface area contributed by atoms with E-state index in [-0.39, 0.29) is 0 Å². The summed E-state index contributed by atoms with van der Waals surface area (Å²) in [6.07, 6.45) is 4.20. The smallest absolute Gasteiger partial charge is 0.00385 e. The fraction of sp³-hybridized carbons (Fsp3) is 1.00. The molecule has 1 nitrogen and oxygen atoms in total. The molecule has 1 atom stereocenters. The largest absolute Gasteiger partial charge is 0.301 e. The van der Waals surface area contributed by atoms with Crippen molar-refractivity contribution in [1.29, 1.82) is 0 Å². The van der Waals surface area contributed by atoms with Crippen molar-refractivity contribution < 1.29 is 0 Å². The monoisotopic (exact) mass is 197 g/mol. The molecule has 1 unspecified atom stereocenters. The van der Waals surface area contributed by atoms with Crippen LogP contribution in [0.5, 0.6) is 0 Å². The molecule has 1 aliphatic heterocycles. The first kappa shape index (κ1) is 12.0. The maximum absolute atomic E-state index is 2.63. The fourth-order valence-electron chi connectivity index (χ4n) is 2.50. The Morgan fingerprint density at radius 3 is 2.21 bits per heavy atom. The van der Waals surface area contributed by atoms with Gasteiger partial charge < -0.3 is 4.90 Å². The van der Waals surface area contributed by atoms with E-state index in [9.17, 15) is 0 Å². The van der Waals surface area contributed by atoms with E-state index in [0.29, 0.717) is 5.41 Å². The molecule has 1 fully saturated rings. The quantitative estimate of drug-likeness (QED) is 0.621. The molecule has 0 N–H and O–H groups in total. The van der Waals surface area contributed by atoms with E-state index in [0.717, 1.165) is 12.0 Å². The maximum Gasteiger partial charge on any atom is 0.00385 e. The van der Waals surface area contributed by atoms with Crippen molar-refractivity contribution in [3.63, 3.8) is 0 Å². The van der Waals surface area contributed by atoms with Crippen molar-refractivity contribution in [1.82, 2.24) is 4.90 Å². The maximum atomic E-state index is 2.63. The van der Waals surface area contributed by atoms with Gasteiger partial charge in [-0.15, -0.1) is 0 Å². The molecule has 1 heteroatoms. The van der Waals surface area contributed by atoms with Gasteiger partial charge in [0.25, 0.3) is 0 Å². The zero-order chi connectivity index (χ0) is 10.8. The van der Waals surface area contributed by atoms with Gasteiger partial charge in [-0.25, -0.2) is 0 Å². The van der Waals surface area contributed by atoms with E-state index in [4.69, 9.17) is 0 Å². The second-order valence-electron chi connectivity index (χ2n) is 6.12. The summed E-state index contributed by atoms with van der Waals surface area (Å²) in [5.74, 6) is 0.922. The molecule has 0 amide bonds. The molecule has 0 aromatic rings. The lowest BCUT2D eigenvalue weighted by Crippen LogP contribution is -2.32. The van der Waals surface area contributed by atoms with Gasteiger partial charge in [0.1, 0.15) is 0 Å². The Hall–Kier alpha value is -0.0400. The van der Waals surface area contributed by atoms with Crippen LogP contribution in [0.25, 0.3) is 0 Å². The molecule has 0 bridgehead atoms. The first-order chi connectivity index (χ1) is 6.41. The number of nitrogens with zero attached hydrogens (tertiary/aromatic N) is 1. The van der Waals surface area contributed by atoms with Gasteiger partial charge in [0.05, 0.1) is 0 Å². The summed E-state index contributed by atoms with van der Waals surface area (Å²) >= 11 is 0. The zero-order valence-corrected chi connectivity index (χ0v) is 10.6. The van der Waals surface area contributed by atoms with Gasteiger partial charge in [-0.2, -0.15) is 0 Å². The van der Waals surface area contributed by atoms with Crippen LogP contribution in [0.1, 0.15) is 53.9 Å². The molecule has 1 heterocycles. The summed E-state index contributed by atoms with van der Waals surface area (Å²) in [5, 5.41) is 0. The van der Waals surface area contributed by atoms with Gasteiger partial charge in [0, 0.05) is 6.04 Å². The van der Waals surface area contributed by atoms with E-state index >= 15 is 0 Å². The lowest BCUT2D eigenvalue weighted by Gasteiger charge is -2.30. The molecule has 0 aromatic carbocycles. The van der Waals surface area contributed by atoms with E-state index in [2.05, 4.69) is 39.5 Å². The minimum Gasteiger partial charge on any atom is -0.301 e. The van der Waals surface area contributed by atoms with E-state index in [1.807, 2.05) is 0 Å². The minimum atomic E-state index is 0.507. The van der Waals surface area contributed by atoms with E-state index in [1.165, 1.54) is 32.4 Å². The van der Waals surface area contributed by atoms with Crippen molar-refractivity contribution in [2.24, 2.45) is 11.3 Å². The first-order valence-corrected chi connectivity index (χ1v) is 6.15. The average Bonchev–Trinajstić information content (AvgIpc) is 2.26. The van der Waals surface area contributed by atoms with E-state index < -0.39 is 0 Å². The third-order valence-corrected chi connectivity index (χ3v) is 3.72. The molecule has 0 radical (unpaired) electrons. The predicted molar refractivity (Wildman–Crippen MR) is 63.5 cm³/mol. The van der Waals surface area contributed by atoms with Crippen LogP contribution >= 0.6 is 0 Å². The Morgan fingerprint density at radius 2 is 1.71 bits per heavy atom. The lowest BCUT2D eigenvalue weighted by atomic mass is 9.77. The van der Waals surface area contributed by atoms with Crippen molar-refractivity contribution in [3.05, 3.63) is 0 Å². The molecular weight excluding hydrogens is 170 g/mol. The molecule has 1 saturated heterocycles. The Balaban J connectivity index is 2.49. The summed E-state index contributed by atoms with van der Waals surface area (Å²) < 4.78 is 0. The molecule has 14 heavy (non-hydrogen) atoms. The van der Waals surface area contributed by atoms with Crippen LogP contribution in [-0.4, -0.2) is 24.0 Å². The topological polar surface area (TPSA) is 3.24 Å². The molecule has 84 valence electrons. The molecule has 0 spiro atoms. The predicted octanol–water partition coefficient (Wildman–Crippen LogP) is 3.54. The number of hydrogen-bond acceptors (Lipinski definition) is 1. The molecule has 1 rings (SSSR count). The number of hydrogen-bond donors (Lipinski definition) is 0. The standard InChI is InChI=1S/C13H27N/c1-11(2)14-9-6-7-12(8-10-14)13(3,4)5/h11-12H,6-10H2,1-5H3. The van der Waals surface area contributed by atoms with Crippen molar-refractivity contribution in [3.8, 4) is 0 Å². The third kappa shape index (κ3) is 3.27. The highest BCUT2D eigenvalue weighted by molar-refractivity contribution is 4.79. The van der Waals surface area contributed by atoms with E-state index in [1.54, 1.807) is 0 Å². The second-order valence-corrected chi connectivity index (χ2v) is 6.12. The highest BCUT2D eigenvalue weighted by Crippen LogP contribution is 2.34. The van der Waals surface area contributed by atoms with Crippen molar-refractivity contribution in [2.75, 3.05) is 13.1 Å². The summed E-state index contributed by atoms with van der Waals surface area (Å²) in [6.45, 7) is 14.4.